The summed E-state index contributed by atoms with van der Waals surface area (Å²) < 4.78 is 7.42. The normalized spacial score (nSPS) is 14.2. The molecule has 0 spiro atoms. The number of hydrogen-bond donors (Lipinski definition) is 0. The second kappa shape index (κ2) is 10.1. The van der Waals surface area contributed by atoms with Gasteiger partial charge in [0.05, 0.1) is 25.0 Å². The van der Waals surface area contributed by atoms with Gasteiger partial charge in [0.15, 0.2) is 0 Å². The fourth-order valence-electron chi connectivity index (χ4n) is 4.21. The lowest BCUT2D eigenvalue weighted by Gasteiger charge is -2.36. The van der Waals surface area contributed by atoms with Crippen molar-refractivity contribution in [3.63, 3.8) is 0 Å². The van der Waals surface area contributed by atoms with Crippen molar-refractivity contribution in [2.45, 2.75) is 20.4 Å². The zero-order valence-corrected chi connectivity index (χ0v) is 20.0. The van der Waals surface area contributed by atoms with Gasteiger partial charge in [0.1, 0.15) is 5.75 Å². The second-order valence-corrected chi connectivity index (χ2v) is 8.56. The summed E-state index contributed by atoms with van der Waals surface area (Å²) in [5, 5.41) is 5.39. The largest absolute Gasteiger partial charge is 0.495 e. The van der Waals surface area contributed by atoms with Gasteiger partial charge in [0.2, 0.25) is 5.91 Å². The lowest BCUT2D eigenvalue weighted by molar-refractivity contribution is -0.126. The van der Waals surface area contributed by atoms with Gasteiger partial charge in [-0.3, -0.25) is 9.48 Å². The van der Waals surface area contributed by atoms with E-state index in [-0.39, 0.29) is 5.91 Å². The number of benzene rings is 2. The summed E-state index contributed by atoms with van der Waals surface area (Å²) in [6, 6.07) is 15.8. The number of ether oxygens (including phenoxy) is 1. The van der Waals surface area contributed by atoms with Crippen LogP contribution < -0.4 is 9.64 Å². The third kappa shape index (κ3) is 5.06. The van der Waals surface area contributed by atoms with Crippen molar-refractivity contribution >= 4 is 29.3 Å². The molecule has 0 atom stereocenters. The SMILES string of the molecule is COc1ccccc1N1CCN(C(=O)C=Cc2c(C)nn(Cc3ccccc3Cl)c2C)CC1. The summed E-state index contributed by atoms with van der Waals surface area (Å²) in [4.78, 5) is 17.0. The Balaban J connectivity index is 1.40. The molecule has 1 aromatic heterocycles. The highest BCUT2D eigenvalue weighted by Gasteiger charge is 2.22. The highest BCUT2D eigenvalue weighted by molar-refractivity contribution is 6.31. The van der Waals surface area contributed by atoms with Gasteiger partial charge in [-0.2, -0.15) is 5.10 Å². The molecule has 2 heterocycles. The molecule has 7 heteroatoms. The summed E-state index contributed by atoms with van der Waals surface area (Å²) in [5.74, 6) is 0.879. The number of para-hydroxylation sites is 2. The number of carbonyl (C=O) groups is 1. The van der Waals surface area contributed by atoms with E-state index in [1.54, 1.807) is 13.2 Å². The van der Waals surface area contributed by atoms with E-state index < -0.39 is 0 Å². The van der Waals surface area contributed by atoms with Crippen molar-refractivity contribution in [3.8, 4) is 5.75 Å². The van der Waals surface area contributed by atoms with Gasteiger partial charge in [-0.15, -0.1) is 0 Å². The molecule has 0 N–H and O–H groups in total. The number of aryl methyl sites for hydroxylation is 1. The number of anilines is 1. The first-order valence-corrected chi connectivity index (χ1v) is 11.5. The third-order valence-electron chi connectivity index (χ3n) is 6.13. The van der Waals surface area contributed by atoms with Gasteiger partial charge in [-0.1, -0.05) is 41.9 Å². The van der Waals surface area contributed by atoms with E-state index in [0.29, 0.717) is 19.6 Å². The number of carbonyl (C=O) groups excluding carboxylic acids is 1. The number of amides is 1. The van der Waals surface area contributed by atoms with Crippen molar-refractivity contribution in [2.24, 2.45) is 0 Å². The molecular weight excluding hydrogens is 436 g/mol. The van der Waals surface area contributed by atoms with E-state index >= 15 is 0 Å². The molecule has 1 amide bonds. The van der Waals surface area contributed by atoms with Crippen LogP contribution in [0.5, 0.6) is 5.75 Å². The van der Waals surface area contributed by atoms with Crippen molar-refractivity contribution in [1.82, 2.24) is 14.7 Å². The molecule has 0 radical (unpaired) electrons. The molecule has 1 saturated heterocycles. The van der Waals surface area contributed by atoms with Crippen LogP contribution in [-0.2, 0) is 11.3 Å². The van der Waals surface area contributed by atoms with Gasteiger partial charge in [-0.25, -0.2) is 0 Å². The lowest BCUT2D eigenvalue weighted by Crippen LogP contribution is -2.48. The van der Waals surface area contributed by atoms with Crippen molar-refractivity contribution < 1.29 is 9.53 Å². The molecule has 1 aliphatic heterocycles. The number of nitrogens with zero attached hydrogens (tertiary/aromatic N) is 4. The molecule has 0 aliphatic carbocycles. The standard InChI is InChI=1S/C26H29ClN4O2/c1-19-22(20(2)31(28-19)18-21-8-4-5-9-23(21)27)12-13-26(32)30-16-14-29(15-17-30)24-10-6-7-11-25(24)33-3/h4-13H,14-18H2,1-3H3. The minimum absolute atomic E-state index is 0.0207. The van der Waals surface area contributed by atoms with Crippen LogP contribution in [0.2, 0.25) is 5.02 Å². The minimum atomic E-state index is 0.0207. The first-order chi connectivity index (χ1) is 16.0. The van der Waals surface area contributed by atoms with Crippen LogP contribution in [0.4, 0.5) is 5.69 Å². The second-order valence-electron chi connectivity index (χ2n) is 8.15. The van der Waals surface area contributed by atoms with Crippen molar-refractivity contribution in [2.75, 3.05) is 38.2 Å². The van der Waals surface area contributed by atoms with Crippen LogP contribution in [0.15, 0.2) is 54.6 Å². The quantitative estimate of drug-likeness (QED) is 0.501. The molecule has 172 valence electrons. The summed E-state index contributed by atoms with van der Waals surface area (Å²) in [6.07, 6.45) is 3.55. The molecule has 2 aromatic carbocycles. The van der Waals surface area contributed by atoms with Gasteiger partial charge < -0.3 is 14.5 Å². The molecule has 1 aliphatic rings. The van der Waals surface area contributed by atoms with Gasteiger partial charge >= 0.3 is 0 Å². The predicted octanol–water partition coefficient (Wildman–Crippen LogP) is 4.57. The van der Waals surface area contributed by atoms with Crippen LogP contribution in [0.1, 0.15) is 22.5 Å². The van der Waals surface area contributed by atoms with E-state index in [0.717, 1.165) is 52.1 Å². The first-order valence-electron chi connectivity index (χ1n) is 11.1. The topological polar surface area (TPSA) is 50.6 Å². The maximum Gasteiger partial charge on any atom is 0.246 e. The van der Waals surface area contributed by atoms with Crippen LogP contribution >= 0.6 is 11.6 Å². The minimum Gasteiger partial charge on any atom is -0.495 e. The monoisotopic (exact) mass is 464 g/mol. The molecular formula is C26H29ClN4O2. The van der Waals surface area contributed by atoms with E-state index in [1.807, 2.05) is 72.0 Å². The Labute approximate surface area is 200 Å². The fourth-order valence-corrected chi connectivity index (χ4v) is 4.41. The van der Waals surface area contributed by atoms with E-state index in [2.05, 4.69) is 16.1 Å². The average molecular weight is 465 g/mol. The van der Waals surface area contributed by atoms with Crippen LogP contribution in [0, 0.1) is 13.8 Å². The Bertz CT molecular complexity index is 1160. The Morgan fingerprint density at radius 1 is 1.06 bits per heavy atom. The Morgan fingerprint density at radius 2 is 1.76 bits per heavy atom. The first kappa shape index (κ1) is 22.9. The Kier molecular flexibility index (Phi) is 7.04. The maximum atomic E-state index is 12.9. The zero-order valence-electron chi connectivity index (χ0n) is 19.3. The zero-order chi connectivity index (χ0) is 23.4. The van der Waals surface area contributed by atoms with Crippen LogP contribution in [-0.4, -0.2) is 53.9 Å². The summed E-state index contributed by atoms with van der Waals surface area (Å²) in [7, 11) is 1.68. The molecule has 4 rings (SSSR count). The number of methoxy groups -OCH3 is 1. The maximum absolute atomic E-state index is 12.9. The number of piperazine rings is 1. The summed E-state index contributed by atoms with van der Waals surface area (Å²) in [6.45, 7) is 7.47. The van der Waals surface area contributed by atoms with Gasteiger partial charge in [-0.05, 0) is 43.7 Å². The highest BCUT2D eigenvalue weighted by atomic mass is 35.5. The third-order valence-corrected chi connectivity index (χ3v) is 6.49. The van der Waals surface area contributed by atoms with E-state index in [9.17, 15) is 4.79 Å². The molecule has 3 aromatic rings. The average Bonchev–Trinajstić information content (AvgIpc) is 3.11. The van der Waals surface area contributed by atoms with Crippen molar-refractivity contribution in [1.29, 1.82) is 0 Å². The lowest BCUT2D eigenvalue weighted by atomic mass is 10.1. The van der Waals surface area contributed by atoms with E-state index in [1.165, 1.54) is 0 Å². The fraction of sp³-hybridized carbons (Fsp3) is 0.308. The summed E-state index contributed by atoms with van der Waals surface area (Å²) in [5.41, 5.74) is 4.97. The highest BCUT2D eigenvalue weighted by Crippen LogP contribution is 2.28. The molecule has 0 saturated carbocycles. The van der Waals surface area contributed by atoms with Crippen LogP contribution in [0.25, 0.3) is 6.08 Å². The van der Waals surface area contributed by atoms with Crippen LogP contribution in [0.3, 0.4) is 0 Å². The molecule has 1 fully saturated rings. The number of halogens is 1. The number of hydrogen-bond acceptors (Lipinski definition) is 4. The van der Waals surface area contributed by atoms with Crippen molar-refractivity contribution in [3.05, 3.63) is 82.1 Å². The Morgan fingerprint density at radius 3 is 2.48 bits per heavy atom. The molecule has 0 unspecified atom stereocenters. The smallest absolute Gasteiger partial charge is 0.246 e. The molecule has 6 nitrogen and oxygen atoms in total. The summed E-state index contributed by atoms with van der Waals surface area (Å²) >= 11 is 6.31. The van der Waals surface area contributed by atoms with E-state index in [4.69, 9.17) is 16.3 Å². The van der Waals surface area contributed by atoms with Gasteiger partial charge in [0, 0.05) is 48.5 Å². The Hall–Kier alpha value is -3.25. The molecule has 33 heavy (non-hydrogen) atoms. The number of aromatic nitrogens is 2. The predicted molar refractivity (Wildman–Crippen MR) is 133 cm³/mol. The number of rotatable bonds is 6. The van der Waals surface area contributed by atoms with Gasteiger partial charge in [0.25, 0.3) is 0 Å². The molecule has 0 bridgehead atoms.